The van der Waals surface area contributed by atoms with E-state index in [2.05, 4.69) is 37.2 Å². The third-order valence-corrected chi connectivity index (χ3v) is 4.49. The van der Waals surface area contributed by atoms with Crippen LogP contribution in [0.1, 0.15) is 11.9 Å². The molecule has 0 aliphatic carbocycles. The Morgan fingerprint density at radius 3 is 2.48 bits per heavy atom. The molecule has 1 N–H and O–H groups in total. The molecule has 0 saturated carbocycles. The van der Waals surface area contributed by atoms with Gasteiger partial charge in [-0.1, -0.05) is 15.9 Å². The Hall–Kier alpha value is -1.61. The van der Waals surface area contributed by atoms with Crippen molar-refractivity contribution in [3.63, 3.8) is 0 Å². The van der Waals surface area contributed by atoms with Crippen LogP contribution in [0.4, 0.5) is 10.5 Å². The fraction of sp³-hybridized carbons (Fsp3) is 0.235. The number of carbonyl (C=O) groups excluding carboxylic acids is 1. The molecule has 6 nitrogen and oxygen atoms in total. The van der Waals surface area contributed by atoms with Crippen molar-refractivity contribution in [3.8, 4) is 11.5 Å². The molecule has 3 rings (SSSR count). The Morgan fingerprint density at radius 2 is 1.84 bits per heavy atom. The summed E-state index contributed by atoms with van der Waals surface area (Å²) in [6, 6.07) is 10.5. The first-order valence-corrected chi connectivity index (χ1v) is 9.00. The van der Waals surface area contributed by atoms with E-state index in [1.807, 2.05) is 0 Å². The second kappa shape index (κ2) is 8.18. The van der Waals surface area contributed by atoms with Crippen LogP contribution in [-0.4, -0.2) is 26.4 Å². The Morgan fingerprint density at radius 1 is 1.16 bits per heavy atom. The van der Waals surface area contributed by atoms with E-state index >= 15 is 0 Å². The predicted molar refractivity (Wildman–Crippen MR) is 99.1 cm³/mol. The summed E-state index contributed by atoms with van der Waals surface area (Å²) in [6.45, 7) is 0.985. The first kappa shape index (κ1) is 18.2. The number of carbonyl (C=O) groups is 1. The summed E-state index contributed by atoms with van der Waals surface area (Å²) in [5, 5.41) is 2.67. The Bertz CT molecular complexity index is 760. The maximum Gasteiger partial charge on any atom is 0.417 e. The van der Waals surface area contributed by atoms with Gasteiger partial charge in [0.1, 0.15) is 5.75 Å². The molecule has 1 saturated heterocycles. The normalized spacial score (nSPS) is 14.4. The number of benzene rings is 2. The lowest BCUT2D eigenvalue weighted by Crippen LogP contribution is -2.18. The molecule has 0 radical (unpaired) electrons. The molecule has 0 spiro atoms. The molecule has 2 aromatic rings. The molecule has 1 aliphatic rings. The summed E-state index contributed by atoms with van der Waals surface area (Å²) >= 11 is 6.83. The third kappa shape index (κ3) is 4.52. The van der Waals surface area contributed by atoms with Crippen LogP contribution in [0.5, 0.6) is 11.5 Å². The number of nitrogens with one attached hydrogen (secondary N) is 1. The van der Waals surface area contributed by atoms with Crippen LogP contribution in [0.15, 0.2) is 45.3 Å². The molecule has 8 heteroatoms. The van der Waals surface area contributed by atoms with Gasteiger partial charge in [0.25, 0.3) is 0 Å². The molecule has 132 valence electrons. The number of anilines is 1. The molecule has 1 heterocycles. The zero-order valence-corrected chi connectivity index (χ0v) is 16.4. The highest BCUT2D eigenvalue weighted by Gasteiger charge is 2.26. The summed E-state index contributed by atoms with van der Waals surface area (Å²) < 4.78 is 23.1. The third-order valence-electron chi connectivity index (χ3n) is 3.44. The van der Waals surface area contributed by atoms with E-state index in [4.69, 9.17) is 18.9 Å². The fourth-order valence-corrected chi connectivity index (χ4v) is 3.65. The van der Waals surface area contributed by atoms with Gasteiger partial charge in [-0.2, -0.15) is 0 Å². The van der Waals surface area contributed by atoms with Gasteiger partial charge in [-0.15, -0.1) is 0 Å². The van der Waals surface area contributed by atoms with Crippen LogP contribution in [0, 0.1) is 0 Å². The summed E-state index contributed by atoms with van der Waals surface area (Å²) in [5.41, 5.74) is 1.22. The highest BCUT2D eigenvalue weighted by molar-refractivity contribution is 9.11. The van der Waals surface area contributed by atoms with Gasteiger partial charge in [0.2, 0.25) is 0 Å². The Balaban J connectivity index is 1.77. The van der Waals surface area contributed by atoms with Crippen LogP contribution in [-0.2, 0) is 9.47 Å². The highest BCUT2D eigenvalue weighted by Crippen LogP contribution is 2.39. The van der Waals surface area contributed by atoms with Crippen molar-refractivity contribution in [2.24, 2.45) is 0 Å². The summed E-state index contributed by atoms with van der Waals surface area (Å²) in [6.07, 6.45) is -1.19. The molecule has 1 amide bonds. The second-order valence-corrected chi connectivity index (χ2v) is 6.89. The van der Waals surface area contributed by atoms with Gasteiger partial charge < -0.3 is 18.9 Å². The summed E-state index contributed by atoms with van der Waals surface area (Å²) in [7, 11) is 1.58. The SMILES string of the molecule is COc1ccc(NC(=O)Oc2c(Br)cc(Br)cc2C2OCCO2)cc1. The highest BCUT2D eigenvalue weighted by atomic mass is 79.9. The molecular formula is C17H15Br2NO5. The van der Waals surface area contributed by atoms with Gasteiger partial charge in [-0.3, -0.25) is 5.32 Å². The Labute approximate surface area is 161 Å². The number of ether oxygens (including phenoxy) is 4. The van der Waals surface area contributed by atoms with Crippen LogP contribution < -0.4 is 14.8 Å². The van der Waals surface area contributed by atoms with E-state index < -0.39 is 12.4 Å². The monoisotopic (exact) mass is 471 g/mol. The number of hydrogen-bond donors (Lipinski definition) is 1. The van der Waals surface area contributed by atoms with Gasteiger partial charge in [-0.25, -0.2) is 4.79 Å². The Kier molecular flexibility index (Phi) is 5.95. The minimum absolute atomic E-state index is 0.348. The number of rotatable bonds is 4. The van der Waals surface area contributed by atoms with Crippen molar-refractivity contribution in [1.82, 2.24) is 0 Å². The van der Waals surface area contributed by atoms with E-state index in [1.54, 1.807) is 43.5 Å². The number of methoxy groups -OCH3 is 1. The topological polar surface area (TPSA) is 66.0 Å². The molecular weight excluding hydrogens is 458 g/mol. The second-order valence-electron chi connectivity index (χ2n) is 5.12. The molecule has 0 aromatic heterocycles. The van der Waals surface area contributed by atoms with Gasteiger partial charge in [0.05, 0.1) is 30.4 Å². The molecule has 2 aromatic carbocycles. The smallest absolute Gasteiger partial charge is 0.417 e. The molecule has 1 fully saturated rings. The first-order chi connectivity index (χ1) is 12.1. The zero-order valence-electron chi connectivity index (χ0n) is 13.3. The molecule has 25 heavy (non-hydrogen) atoms. The van der Waals surface area contributed by atoms with Crippen LogP contribution in [0.2, 0.25) is 0 Å². The lowest BCUT2D eigenvalue weighted by atomic mass is 10.2. The maximum atomic E-state index is 12.3. The van der Waals surface area contributed by atoms with Crippen molar-refractivity contribution in [3.05, 3.63) is 50.9 Å². The zero-order chi connectivity index (χ0) is 17.8. The van der Waals surface area contributed by atoms with Gasteiger partial charge in [-0.05, 0) is 52.3 Å². The van der Waals surface area contributed by atoms with E-state index in [0.717, 1.165) is 4.47 Å². The average Bonchev–Trinajstić information content (AvgIpc) is 3.12. The minimum Gasteiger partial charge on any atom is -0.497 e. The van der Waals surface area contributed by atoms with Crippen molar-refractivity contribution >= 4 is 43.6 Å². The standard InChI is InChI=1S/C17H15Br2NO5/c1-22-12-4-2-11(3-5-12)20-17(21)25-15-13(16-23-6-7-24-16)8-10(18)9-14(15)19/h2-5,8-9,16H,6-7H2,1H3,(H,20,21). The lowest BCUT2D eigenvalue weighted by Gasteiger charge is -2.17. The number of hydrogen-bond acceptors (Lipinski definition) is 5. The van der Waals surface area contributed by atoms with Crippen LogP contribution in [0.3, 0.4) is 0 Å². The van der Waals surface area contributed by atoms with Crippen molar-refractivity contribution in [1.29, 1.82) is 0 Å². The van der Waals surface area contributed by atoms with Gasteiger partial charge >= 0.3 is 6.09 Å². The van der Waals surface area contributed by atoms with Gasteiger partial charge in [0, 0.05) is 10.2 Å². The largest absolute Gasteiger partial charge is 0.497 e. The van der Waals surface area contributed by atoms with E-state index in [9.17, 15) is 4.79 Å². The van der Waals surface area contributed by atoms with E-state index in [-0.39, 0.29) is 0 Å². The molecule has 0 unspecified atom stereocenters. The summed E-state index contributed by atoms with van der Waals surface area (Å²) in [4.78, 5) is 12.3. The minimum atomic E-state index is -0.618. The quantitative estimate of drug-likeness (QED) is 0.687. The predicted octanol–water partition coefficient (Wildman–Crippen LogP) is 4.88. The van der Waals surface area contributed by atoms with Crippen molar-refractivity contribution in [2.75, 3.05) is 25.6 Å². The number of amides is 1. The first-order valence-electron chi connectivity index (χ1n) is 7.42. The van der Waals surface area contributed by atoms with Crippen molar-refractivity contribution < 1.29 is 23.7 Å². The maximum absolute atomic E-state index is 12.3. The summed E-state index contributed by atoms with van der Waals surface area (Å²) in [5.74, 6) is 1.05. The molecule has 0 atom stereocenters. The van der Waals surface area contributed by atoms with Gasteiger partial charge in [0.15, 0.2) is 12.0 Å². The van der Waals surface area contributed by atoms with Crippen molar-refractivity contribution in [2.45, 2.75) is 6.29 Å². The van der Waals surface area contributed by atoms with Crippen LogP contribution in [0.25, 0.3) is 0 Å². The fourth-order valence-electron chi connectivity index (χ4n) is 2.31. The van der Waals surface area contributed by atoms with E-state index in [1.165, 1.54) is 0 Å². The molecule has 0 bridgehead atoms. The lowest BCUT2D eigenvalue weighted by molar-refractivity contribution is -0.0453. The van der Waals surface area contributed by atoms with E-state index in [0.29, 0.717) is 40.4 Å². The van der Waals surface area contributed by atoms with Crippen LogP contribution >= 0.6 is 31.9 Å². The number of halogens is 2. The average molecular weight is 473 g/mol. The molecule has 1 aliphatic heterocycles.